The number of hydrogen-bond donors (Lipinski definition) is 3. The van der Waals surface area contributed by atoms with Crippen LogP contribution in [0.4, 0.5) is 5.82 Å². The van der Waals surface area contributed by atoms with Gasteiger partial charge in [0.15, 0.2) is 0 Å². The number of anilines is 1. The van der Waals surface area contributed by atoms with Crippen LogP contribution in [0.1, 0.15) is 126 Å². The van der Waals surface area contributed by atoms with Crippen molar-refractivity contribution >= 4 is 28.7 Å². The summed E-state index contributed by atoms with van der Waals surface area (Å²) in [6.45, 7) is 31.0. The van der Waals surface area contributed by atoms with E-state index in [1.807, 2.05) is 122 Å². The highest BCUT2D eigenvalue weighted by molar-refractivity contribution is 5.95. The van der Waals surface area contributed by atoms with E-state index in [0.717, 1.165) is 87.5 Å². The molecule has 0 unspecified atom stereocenters. The van der Waals surface area contributed by atoms with E-state index < -0.39 is 0 Å². The Morgan fingerprint density at radius 2 is 1.42 bits per heavy atom. The van der Waals surface area contributed by atoms with Crippen molar-refractivity contribution in [2.75, 3.05) is 38.1 Å². The molecule has 1 aromatic heterocycles. The summed E-state index contributed by atoms with van der Waals surface area (Å²) in [5, 5.41) is 10.5. The lowest BCUT2D eigenvalue weighted by atomic mass is 9.95. The first kappa shape index (κ1) is 50.0. The third-order valence-electron chi connectivity index (χ3n) is 10.3. The van der Waals surface area contributed by atoms with Crippen molar-refractivity contribution in [1.82, 2.24) is 25.8 Å². The minimum Gasteiger partial charge on any atom is -0.388 e. The Morgan fingerprint density at radius 1 is 0.814 bits per heavy atom. The number of piperidine rings is 2. The first-order chi connectivity index (χ1) is 28.9. The molecule has 0 saturated carbocycles. The molecule has 0 bridgehead atoms. The van der Waals surface area contributed by atoms with Crippen molar-refractivity contribution in [1.29, 1.82) is 0 Å². The van der Waals surface area contributed by atoms with Crippen LogP contribution in [-0.4, -0.2) is 61.1 Å². The van der Waals surface area contributed by atoms with Gasteiger partial charge in [-0.3, -0.25) is 9.69 Å². The zero-order valence-corrected chi connectivity index (χ0v) is 38.2. The fourth-order valence-corrected chi connectivity index (χ4v) is 7.35. The first-order valence-corrected chi connectivity index (χ1v) is 22.2. The summed E-state index contributed by atoms with van der Waals surface area (Å²) in [6.07, 6.45) is 21.0. The SMILES string of the molecule is C=C/C=C(\NC)c1cccc(/C(=C\CC)NC2CCN(Cc3ccc(N4CCC(NC(=O)c5cccc(/C(C=C)=C/C=C\C)c5)CC4)nc3)CC2)c1C.CC.CC.CC. The zero-order chi connectivity index (χ0) is 43.6. The van der Waals surface area contributed by atoms with Gasteiger partial charge < -0.3 is 20.9 Å². The van der Waals surface area contributed by atoms with Crippen molar-refractivity contribution in [3.05, 3.63) is 150 Å². The van der Waals surface area contributed by atoms with Crippen LogP contribution in [0.3, 0.4) is 0 Å². The summed E-state index contributed by atoms with van der Waals surface area (Å²) in [6, 6.07) is 19.3. The quantitative estimate of drug-likeness (QED) is 0.133. The number of rotatable bonds is 15. The predicted molar refractivity (Wildman–Crippen MR) is 259 cm³/mol. The molecular formula is C52H76N6O. The molecule has 0 radical (unpaired) electrons. The number of allylic oxidation sites excluding steroid dienone is 8. The van der Waals surface area contributed by atoms with Gasteiger partial charge in [-0.2, -0.15) is 0 Å². The Morgan fingerprint density at radius 3 is 2.00 bits per heavy atom. The summed E-state index contributed by atoms with van der Waals surface area (Å²) in [5.74, 6) is 0.982. The average Bonchev–Trinajstić information content (AvgIpc) is 3.29. The highest BCUT2D eigenvalue weighted by atomic mass is 16.1. The molecular weight excluding hydrogens is 725 g/mol. The summed E-state index contributed by atoms with van der Waals surface area (Å²) >= 11 is 0. The van der Waals surface area contributed by atoms with Crippen molar-refractivity contribution in [2.45, 2.75) is 113 Å². The van der Waals surface area contributed by atoms with E-state index in [1.165, 1.54) is 28.0 Å². The molecule has 2 aliphatic heterocycles. The molecule has 5 rings (SSSR count). The van der Waals surface area contributed by atoms with Crippen LogP contribution < -0.4 is 20.9 Å². The number of likely N-dealkylation sites (tertiary alicyclic amines) is 1. The van der Waals surface area contributed by atoms with Gasteiger partial charge in [-0.15, -0.1) is 0 Å². The smallest absolute Gasteiger partial charge is 0.251 e. The average molecular weight is 801 g/mol. The Kier molecular flexibility index (Phi) is 24.0. The number of carbonyl (C=O) groups is 1. The second-order valence-electron chi connectivity index (χ2n) is 14.0. The van der Waals surface area contributed by atoms with Gasteiger partial charge in [0.2, 0.25) is 0 Å². The van der Waals surface area contributed by atoms with Crippen molar-refractivity contribution < 1.29 is 4.79 Å². The monoisotopic (exact) mass is 801 g/mol. The molecule has 3 heterocycles. The van der Waals surface area contributed by atoms with Gasteiger partial charge in [-0.25, -0.2) is 4.98 Å². The number of nitrogens with one attached hydrogen (secondary N) is 3. The van der Waals surface area contributed by atoms with Crippen molar-refractivity contribution in [3.63, 3.8) is 0 Å². The van der Waals surface area contributed by atoms with Crippen LogP contribution in [-0.2, 0) is 6.54 Å². The zero-order valence-electron chi connectivity index (χ0n) is 38.2. The van der Waals surface area contributed by atoms with E-state index in [-0.39, 0.29) is 11.9 Å². The van der Waals surface area contributed by atoms with Crippen LogP contribution in [0.5, 0.6) is 0 Å². The van der Waals surface area contributed by atoms with Gasteiger partial charge in [0, 0.05) is 86.1 Å². The molecule has 320 valence electrons. The van der Waals surface area contributed by atoms with Gasteiger partial charge in [0.1, 0.15) is 5.82 Å². The summed E-state index contributed by atoms with van der Waals surface area (Å²) in [4.78, 5) is 22.9. The lowest BCUT2D eigenvalue weighted by molar-refractivity contribution is 0.0931. The van der Waals surface area contributed by atoms with E-state index in [2.05, 4.69) is 89.2 Å². The maximum atomic E-state index is 13.2. The highest BCUT2D eigenvalue weighted by Gasteiger charge is 2.24. The molecule has 7 nitrogen and oxygen atoms in total. The molecule has 2 aromatic carbocycles. The molecule has 3 N–H and O–H groups in total. The number of nitrogens with zero attached hydrogens (tertiary/aromatic N) is 3. The van der Waals surface area contributed by atoms with Crippen molar-refractivity contribution in [2.24, 2.45) is 0 Å². The minimum atomic E-state index is -0.0272. The Labute approximate surface area is 359 Å². The van der Waals surface area contributed by atoms with Crippen LogP contribution in [0.2, 0.25) is 0 Å². The first-order valence-electron chi connectivity index (χ1n) is 22.2. The van der Waals surface area contributed by atoms with Crippen LogP contribution in [0, 0.1) is 6.92 Å². The fraction of sp³-hybridized carbons (Fsp3) is 0.423. The van der Waals surface area contributed by atoms with E-state index >= 15 is 0 Å². The van der Waals surface area contributed by atoms with Crippen molar-refractivity contribution in [3.8, 4) is 0 Å². The third-order valence-corrected chi connectivity index (χ3v) is 10.3. The van der Waals surface area contributed by atoms with E-state index in [4.69, 9.17) is 4.98 Å². The molecule has 2 aliphatic rings. The molecule has 0 atom stereocenters. The number of aromatic nitrogens is 1. The molecule has 7 heteroatoms. The maximum Gasteiger partial charge on any atom is 0.251 e. The van der Waals surface area contributed by atoms with E-state index in [9.17, 15) is 4.79 Å². The predicted octanol–water partition coefficient (Wildman–Crippen LogP) is 11.8. The molecule has 0 aliphatic carbocycles. The minimum absolute atomic E-state index is 0.0272. The Bertz CT molecular complexity index is 1820. The van der Waals surface area contributed by atoms with Crippen LogP contribution in [0.25, 0.3) is 17.0 Å². The maximum absolute atomic E-state index is 13.2. The highest BCUT2D eigenvalue weighted by Crippen LogP contribution is 2.27. The second kappa shape index (κ2) is 28.3. The normalized spacial score (nSPS) is 15.4. The summed E-state index contributed by atoms with van der Waals surface area (Å²) in [7, 11) is 1.96. The molecule has 2 saturated heterocycles. The largest absolute Gasteiger partial charge is 0.388 e. The number of hydrogen-bond acceptors (Lipinski definition) is 6. The molecule has 3 aromatic rings. The lowest BCUT2D eigenvalue weighted by Gasteiger charge is -2.34. The summed E-state index contributed by atoms with van der Waals surface area (Å²) < 4.78 is 0. The van der Waals surface area contributed by atoms with Gasteiger partial charge >= 0.3 is 0 Å². The third kappa shape index (κ3) is 15.2. The van der Waals surface area contributed by atoms with E-state index in [0.29, 0.717) is 11.6 Å². The molecule has 59 heavy (non-hydrogen) atoms. The Balaban J connectivity index is 0.00000191. The topological polar surface area (TPSA) is 72.5 Å². The van der Waals surface area contributed by atoms with Gasteiger partial charge in [0.05, 0.1) is 0 Å². The number of amides is 1. The van der Waals surface area contributed by atoms with E-state index in [1.54, 1.807) is 0 Å². The van der Waals surface area contributed by atoms with Crippen LogP contribution >= 0.6 is 0 Å². The molecule has 1 amide bonds. The van der Waals surface area contributed by atoms with Crippen LogP contribution in [0.15, 0.2) is 116 Å². The van der Waals surface area contributed by atoms with Gasteiger partial charge in [-0.05, 0) is 92.5 Å². The lowest BCUT2D eigenvalue weighted by Crippen LogP contribution is -2.45. The van der Waals surface area contributed by atoms with Gasteiger partial charge in [0.25, 0.3) is 5.91 Å². The standard InChI is InChI=1S/C46H58N6O.3C2H6/c1-7-11-16-36(10-4)37-17-12-18-38(31-37)46(53)50-40-25-29-52(30-26-40)45-22-21-35(32-48-45)33-51-27-23-39(24-28-51)49-44(15-9-3)42-20-13-19-41(34(42)5)43(47-6)14-8-2;3*1-2/h7-8,10-22,31-32,39-40,47,49H,2,4,9,23-30,33H2,1,3,5-6H3,(H,50,53);3*1-2H3/b11-7-,36-16+,43-14-,44-15+;;;. The van der Waals surface area contributed by atoms with Gasteiger partial charge in [-0.1, -0.05) is 134 Å². The molecule has 0 spiro atoms. The number of benzene rings is 2. The number of carbonyl (C=O) groups excluding carboxylic acids is 1. The Hall–Kier alpha value is -5.14. The number of pyridine rings is 1. The fourth-order valence-electron chi connectivity index (χ4n) is 7.35. The summed E-state index contributed by atoms with van der Waals surface area (Å²) in [5.41, 5.74) is 9.92. The second-order valence-corrected chi connectivity index (χ2v) is 14.0. The molecule has 2 fully saturated rings.